The van der Waals surface area contributed by atoms with Crippen LogP contribution in [-0.2, 0) is 4.74 Å². The number of ether oxygens (including phenoxy) is 1. The van der Waals surface area contributed by atoms with Crippen molar-refractivity contribution in [2.24, 2.45) is 11.7 Å². The van der Waals surface area contributed by atoms with E-state index in [0.717, 1.165) is 31.9 Å². The Morgan fingerprint density at radius 1 is 1.44 bits per heavy atom. The molecular weight excluding hydrogens is 200 g/mol. The Kier molecular flexibility index (Phi) is 6.32. The predicted molar refractivity (Wildman–Crippen MR) is 68.5 cm³/mol. The Balaban J connectivity index is 2.19. The number of nitrogens with two attached hydrogens (primary N) is 1. The number of hydrogen-bond acceptors (Lipinski definition) is 3. The monoisotopic (exact) mass is 228 g/mol. The van der Waals surface area contributed by atoms with E-state index < -0.39 is 0 Å². The highest BCUT2D eigenvalue weighted by atomic mass is 16.5. The van der Waals surface area contributed by atoms with Crippen molar-refractivity contribution in [3.8, 4) is 0 Å². The molecule has 3 nitrogen and oxygen atoms in total. The van der Waals surface area contributed by atoms with Crippen LogP contribution in [-0.4, -0.2) is 43.8 Å². The molecule has 0 saturated carbocycles. The second kappa shape index (κ2) is 7.25. The number of likely N-dealkylation sites (tertiary alicyclic amines) is 1. The molecule has 1 rings (SSSR count). The molecule has 0 aromatic rings. The lowest BCUT2D eigenvalue weighted by atomic mass is 9.93. The van der Waals surface area contributed by atoms with E-state index in [2.05, 4.69) is 18.7 Å². The van der Waals surface area contributed by atoms with Crippen LogP contribution in [0.5, 0.6) is 0 Å². The van der Waals surface area contributed by atoms with Gasteiger partial charge in [0, 0.05) is 32.3 Å². The third kappa shape index (κ3) is 4.81. The van der Waals surface area contributed by atoms with Gasteiger partial charge in [-0.2, -0.15) is 0 Å². The highest BCUT2D eigenvalue weighted by molar-refractivity contribution is 4.79. The van der Waals surface area contributed by atoms with Crippen LogP contribution >= 0.6 is 0 Å². The lowest BCUT2D eigenvalue weighted by Crippen LogP contribution is -2.46. The van der Waals surface area contributed by atoms with E-state index in [4.69, 9.17) is 10.5 Å². The molecule has 0 aromatic carbocycles. The molecule has 0 radical (unpaired) electrons. The van der Waals surface area contributed by atoms with Crippen molar-refractivity contribution >= 4 is 0 Å². The molecule has 96 valence electrons. The van der Waals surface area contributed by atoms with Gasteiger partial charge in [0.15, 0.2) is 0 Å². The Morgan fingerprint density at radius 3 is 2.81 bits per heavy atom. The molecule has 1 fully saturated rings. The van der Waals surface area contributed by atoms with Gasteiger partial charge in [0.25, 0.3) is 0 Å². The smallest absolute Gasteiger partial charge is 0.0462 e. The van der Waals surface area contributed by atoms with Crippen molar-refractivity contribution in [1.29, 1.82) is 0 Å². The lowest BCUT2D eigenvalue weighted by Gasteiger charge is -2.37. The van der Waals surface area contributed by atoms with Crippen LogP contribution in [0.2, 0.25) is 0 Å². The normalized spacial score (nSPS) is 29.2. The summed E-state index contributed by atoms with van der Waals surface area (Å²) in [5.41, 5.74) is 6.14. The van der Waals surface area contributed by atoms with Crippen molar-refractivity contribution in [3.63, 3.8) is 0 Å². The molecule has 3 unspecified atom stereocenters. The van der Waals surface area contributed by atoms with E-state index in [0.29, 0.717) is 12.1 Å². The molecule has 3 heteroatoms. The van der Waals surface area contributed by atoms with Crippen LogP contribution in [0.3, 0.4) is 0 Å². The molecule has 1 heterocycles. The zero-order chi connectivity index (χ0) is 12.0. The Labute approximate surface area is 100 Å². The van der Waals surface area contributed by atoms with Crippen LogP contribution in [0.25, 0.3) is 0 Å². The standard InChI is InChI=1S/C13H28N2O/c1-11-6-7-15(12(2)9-11)10-13(14)5-4-8-16-3/h11-13H,4-10,14H2,1-3H3. The van der Waals surface area contributed by atoms with Gasteiger partial charge in [0.1, 0.15) is 0 Å². The molecule has 16 heavy (non-hydrogen) atoms. The molecule has 1 aliphatic rings. The van der Waals surface area contributed by atoms with Crippen molar-refractivity contribution in [1.82, 2.24) is 4.90 Å². The molecule has 1 saturated heterocycles. The van der Waals surface area contributed by atoms with Crippen molar-refractivity contribution < 1.29 is 4.74 Å². The molecule has 0 bridgehead atoms. The van der Waals surface area contributed by atoms with Gasteiger partial charge in [-0.3, -0.25) is 4.90 Å². The second-order valence-corrected chi connectivity index (χ2v) is 5.37. The molecule has 0 spiro atoms. The molecule has 1 aliphatic heterocycles. The van der Waals surface area contributed by atoms with Crippen molar-refractivity contribution in [2.45, 2.75) is 51.6 Å². The minimum atomic E-state index is 0.311. The highest BCUT2D eigenvalue weighted by Crippen LogP contribution is 2.22. The first kappa shape index (κ1) is 13.9. The van der Waals surface area contributed by atoms with Gasteiger partial charge in [0.2, 0.25) is 0 Å². The molecule has 3 atom stereocenters. The summed E-state index contributed by atoms with van der Waals surface area (Å²) in [5, 5.41) is 0. The molecule has 0 aliphatic carbocycles. The summed E-state index contributed by atoms with van der Waals surface area (Å²) in [6, 6.07) is 1.02. The fourth-order valence-electron chi connectivity index (χ4n) is 2.61. The van der Waals surface area contributed by atoms with Crippen molar-refractivity contribution in [2.75, 3.05) is 26.8 Å². The maximum Gasteiger partial charge on any atom is 0.0462 e. The van der Waals surface area contributed by atoms with Gasteiger partial charge in [-0.15, -0.1) is 0 Å². The van der Waals surface area contributed by atoms with Crippen LogP contribution in [0.1, 0.15) is 39.5 Å². The Hall–Kier alpha value is -0.120. The third-order valence-electron chi connectivity index (χ3n) is 3.67. The van der Waals surface area contributed by atoms with Crippen molar-refractivity contribution in [3.05, 3.63) is 0 Å². The molecular formula is C13H28N2O. The van der Waals surface area contributed by atoms with E-state index in [1.807, 2.05) is 0 Å². The fourth-order valence-corrected chi connectivity index (χ4v) is 2.61. The molecule has 0 aromatic heterocycles. The van der Waals surface area contributed by atoms with E-state index in [1.54, 1.807) is 7.11 Å². The third-order valence-corrected chi connectivity index (χ3v) is 3.67. The first-order valence-electron chi connectivity index (χ1n) is 6.62. The predicted octanol–water partition coefficient (Wildman–Crippen LogP) is 1.86. The van der Waals surface area contributed by atoms with E-state index in [1.165, 1.54) is 19.4 Å². The summed E-state index contributed by atoms with van der Waals surface area (Å²) in [6.45, 7) is 7.79. The van der Waals surface area contributed by atoms with Crippen LogP contribution in [0.15, 0.2) is 0 Å². The zero-order valence-electron chi connectivity index (χ0n) is 11.1. The van der Waals surface area contributed by atoms with Gasteiger partial charge >= 0.3 is 0 Å². The van der Waals surface area contributed by atoms with Crippen LogP contribution in [0.4, 0.5) is 0 Å². The van der Waals surface area contributed by atoms with Crippen LogP contribution < -0.4 is 5.73 Å². The first-order valence-corrected chi connectivity index (χ1v) is 6.62. The SMILES string of the molecule is COCCCC(N)CN1CCC(C)CC1C. The van der Waals surface area contributed by atoms with Gasteiger partial charge < -0.3 is 10.5 Å². The maximum absolute atomic E-state index is 6.14. The van der Waals surface area contributed by atoms with Gasteiger partial charge in [0.05, 0.1) is 0 Å². The lowest BCUT2D eigenvalue weighted by molar-refractivity contribution is 0.118. The van der Waals surface area contributed by atoms with Crippen LogP contribution in [0, 0.1) is 5.92 Å². The summed E-state index contributed by atoms with van der Waals surface area (Å²) in [7, 11) is 1.75. The van der Waals surface area contributed by atoms with E-state index >= 15 is 0 Å². The van der Waals surface area contributed by atoms with E-state index in [-0.39, 0.29) is 0 Å². The number of methoxy groups -OCH3 is 1. The fraction of sp³-hybridized carbons (Fsp3) is 1.00. The summed E-state index contributed by atoms with van der Waals surface area (Å²) < 4.78 is 5.05. The largest absolute Gasteiger partial charge is 0.385 e. The summed E-state index contributed by atoms with van der Waals surface area (Å²) >= 11 is 0. The minimum Gasteiger partial charge on any atom is -0.385 e. The van der Waals surface area contributed by atoms with Gasteiger partial charge in [-0.05, 0) is 45.1 Å². The topological polar surface area (TPSA) is 38.5 Å². The van der Waals surface area contributed by atoms with E-state index in [9.17, 15) is 0 Å². The first-order chi connectivity index (χ1) is 7.63. The molecule has 2 N–H and O–H groups in total. The van der Waals surface area contributed by atoms with Gasteiger partial charge in [-0.1, -0.05) is 6.92 Å². The average molecular weight is 228 g/mol. The number of nitrogens with zero attached hydrogens (tertiary/aromatic N) is 1. The maximum atomic E-state index is 6.14. The average Bonchev–Trinajstić information content (AvgIpc) is 2.23. The highest BCUT2D eigenvalue weighted by Gasteiger charge is 2.23. The molecule has 0 amide bonds. The Morgan fingerprint density at radius 2 is 2.19 bits per heavy atom. The number of piperidine rings is 1. The second-order valence-electron chi connectivity index (χ2n) is 5.37. The minimum absolute atomic E-state index is 0.311. The zero-order valence-corrected chi connectivity index (χ0v) is 11.1. The Bertz CT molecular complexity index is 187. The summed E-state index contributed by atoms with van der Waals surface area (Å²) in [4.78, 5) is 2.55. The quantitative estimate of drug-likeness (QED) is 0.705. The summed E-state index contributed by atoms with van der Waals surface area (Å²) in [6.07, 6.45) is 4.81. The number of hydrogen-bond donors (Lipinski definition) is 1. The summed E-state index contributed by atoms with van der Waals surface area (Å²) in [5.74, 6) is 0.885. The van der Waals surface area contributed by atoms with Gasteiger partial charge in [-0.25, -0.2) is 0 Å². The number of rotatable bonds is 6.